The molecule has 8 aromatic rings. The maximum Gasteiger partial charge on any atom is 0.0852 e. The highest BCUT2D eigenvalue weighted by Gasteiger charge is 2.19. The van der Waals surface area contributed by atoms with Crippen LogP contribution in [0.5, 0.6) is 0 Å². The molecule has 0 fully saturated rings. The van der Waals surface area contributed by atoms with Gasteiger partial charge in [0.1, 0.15) is 0 Å². The third-order valence-corrected chi connectivity index (χ3v) is 9.98. The average Bonchev–Trinajstić information content (AvgIpc) is 3.48. The molecule has 2 aliphatic rings. The van der Waals surface area contributed by atoms with Gasteiger partial charge in [-0.1, -0.05) is 84.9 Å². The van der Waals surface area contributed by atoms with E-state index < -0.39 is 0 Å². The van der Waals surface area contributed by atoms with E-state index in [9.17, 15) is 0 Å². The highest BCUT2D eigenvalue weighted by atomic mass is 15.0. The fraction of sp³-hybridized carbons (Fsp3) is 0.0930. The Labute approximate surface area is 272 Å². The van der Waals surface area contributed by atoms with Gasteiger partial charge in [0.2, 0.25) is 0 Å². The van der Waals surface area contributed by atoms with Crippen molar-refractivity contribution in [3.05, 3.63) is 150 Å². The molecular formula is C43H30N4. The first-order chi connectivity index (χ1) is 23.3. The lowest BCUT2D eigenvalue weighted by Gasteiger charge is -2.19. The molecule has 0 spiro atoms. The normalized spacial score (nSPS) is 14.5. The number of pyridine rings is 2. The van der Waals surface area contributed by atoms with Gasteiger partial charge in [0.25, 0.3) is 0 Å². The first kappa shape index (κ1) is 26.4. The van der Waals surface area contributed by atoms with E-state index in [4.69, 9.17) is 9.98 Å². The second kappa shape index (κ2) is 10.3. The van der Waals surface area contributed by atoms with Gasteiger partial charge in [-0.25, -0.2) is 4.98 Å². The summed E-state index contributed by atoms with van der Waals surface area (Å²) in [6.07, 6.45) is 12.5. The number of nitrogens with zero attached hydrogens (tertiary/aromatic N) is 4. The van der Waals surface area contributed by atoms with Gasteiger partial charge in [0.15, 0.2) is 0 Å². The Morgan fingerprint density at radius 1 is 0.617 bits per heavy atom. The van der Waals surface area contributed by atoms with Crippen molar-refractivity contribution in [2.75, 3.05) is 0 Å². The molecule has 0 bridgehead atoms. The molecule has 0 radical (unpaired) electrons. The van der Waals surface area contributed by atoms with Crippen LogP contribution in [-0.2, 0) is 6.42 Å². The number of benzene rings is 5. The van der Waals surface area contributed by atoms with Crippen LogP contribution in [0, 0.1) is 0 Å². The van der Waals surface area contributed by atoms with Gasteiger partial charge in [-0.15, -0.1) is 0 Å². The molecular weight excluding hydrogens is 573 g/mol. The number of aliphatic imine (C=N–C) groups is 1. The highest BCUT2D eigenvalue weighted by molar-refractivity contribution is 6.16. The molecule has 0 saturated heterocycles. The van der Waals surface area contributed by atoms with E-state index in [0.29, 0.717) is 0 Å². The maximum absolute atomic E-state index is 5.28. The zero-order valence-electron chi connectivity index (χ0n) is 25.8. The Hall–Kier alpha value is -5.87. The van der Waals surface area contributed by atoms with Crippen LogP contribution in [-0.4, -0.2) is 20.2 Å². The minimum Gasteiger partial charge on any atom is -0.308 e. The van der Waals surface area contributed by atoms with Crippen LogP contribution in [0.3, 0.4) is 0 Å². The van der Waals surface area contributed by atoms with Crippen LogP contribution in [0.2, 0.25) is 0 Å². The second-order valence-electron chi connectivity index (χ2n) is 12.6. The first-order valence-corrected chi connectivity index (χ1v) is 16.5. The van der Waals surface area contributed by atoms with Crippen LogP contribution in [0.15, 0.2) is 133 Å². The Morgan fingerprint density at radius 3 is 2.49 bits per heavy atom. The number of para-hydroxylation sites is 1. The first-order valence-electron chi connectivity index (χ1n) is 16.5. The molecule has 0 saturated carbocycles. The maximum atomic E-state index is 5.28. The van der Waals surface area contributed by atoms with Gasteiger partial charge >= 0.3 is 0 Å². The van der Waals surface area contributed by atoms with Crippen molar-refractivity contribution in [1.82, 2.24) is 14.5 Å². The molecule has 1 aliphatic heterocycles. The van der Waals surface area contributed by atoms with E-state index in [1.165, 1.54) is 54.2 Å². The van der Waals surface area contributed by atoms with Gasteiger partial charge in [-0.2, -0.15) is 0 Å². The van der Waals surface area contributed by atoms with Crippen molar-refractivity contribution in [1.29, 1.82) is 0 Å². The molecule has 0 N–H and O–H groups in total. The summed E-state index contributed by atoms with van der Waals surface area (Å²) >= 11 is 0. The minimum atomic E-state index is 0.870. The molecule has 4 nitrogen and oxygen atoms in total. The SMILES string of the molecule is C1=C(c2ccc3ccc4c5c(ccc2c35)CCC=4)N=C(c2cccc(-c3cccc(-n4c5ccccc5c5ccncc54)c3)n2)CC1. The van der Waals surface area contributed by atoms with E-state index in [1.807, 2.05) is 12.4 Å². The number of aryl methyl sites for hydroxylation is 1. The second-order valence-corrected chi connectivity index (χ2v) is 12.6. The van der Waals surface area contributed by atoms with Crippen LogP contribution in [0.1, 0.15) is 36.1 Å². The molecule has 10 rings (SSSR count). The molecule has 0 unspecified atom stereocenters. The Kier molecular flexibility index (Phi) is 5.79. The van der Waals surface area contributed by atoms with Crippen LogP contribution < -0.4 is 5.22 Å². The number of rotatable bonds is 4. The van der Waals surface area contributed by atoms with E-state index >= 15 is 0 Å². The lowest BCUT2D eigenvalue weighted by Crippen LogP contribution is -2.10. The minimum absolute atomic E-state index is 0.870. The summed E-state index contributed by atoms with van der Waals surface area (Å²) in [6.45, 7) is 0. The predicted molar refractivity (Wildman–Crippen MR) is 195 cm³/mol. The highest BCUT2D eigenvalue weighted by Crippen LogP contribution is 2.37. The topological polar surface area (TPSA) is 43.1 Å². The van der Waals surface area contributed by atoms with Crippen molar-refractivity contribution in [3.63, 3.8) is 0 Å². The number of hydrogen-bond donors (Lipinski definition) is 0. The fourth-order valence-corrected chi connectivity index (χ4v) is 7.84. The lowest BCUT2D eigenvalue weighted by molar-refractivity contribution is 1.04. The summed E-state index contributed by atoms with van der Waals surface area (Å²) in [7, 11) is 0. The summed E-state index contributed by atoms with van der Waals surface area (Å²) in [5.74, 6) is 0. The van der Waals surface area contributed by atoms with E-state index in [2.05, 4.69) is 131 Å². The van der Waals surface area contributed by atoms with Gasteiger partial charge in [-0.05, 0) is 94.4 Å². The van der Waals surface area contributed by atoms with Crippen LogP contribution in [0.25, 0.3) is 72.1 Å². The molecule has 4 heteroatoms. The summed E-state index contributed by atoms with van der Waals surface area (Å²) < 4.78 is 2.30. The molecule has 0 atom stereocenters. The van der Waals surface area contributed by atoms with Gasteiger partial charge in [-0.3, -0.25) is 9.98 Å². The molecule has 0 amide bonds. The molecule has 1 aliphatic carbocycles. The quantitative estimate of drug-likeness (QED) is 0.201. The number of fused-ring (bicyclic) bond motifs is 3. The van der Waals surface area contributed by atoms with Crippen LogP contribution >= 0.6 is 0 Å². The Balaban J connectivity index is 1.05. The number of allylic oxidation sites excluding steroid dienone is 1. The smallest absolute Gasteiger partial charge is 0.0852 e. The van der Waals surface area contributed by atoms with Crippen molar-refractivity contribution < 1.29 is 0 Å². The molecule has 4 heterocycles. The summed E-state index contributed by atoms with van der Waals surface area (Å²) in [6, 6.07) is 39.3. The lowest BCUT2D eigenvalue weighted by atomic mass is 9.87. The molecule has 5 aromatic carbocycles. The third kappa shape index (κ3) is 4.11. The third-order valence-electron chi connectivity index (χ3n) is 9.98. The Bertz CT molecular complexity index is 2640. The summed E-state index contributed by atoms with van der Waals surface area (Å²) in [5.41, 5.74) is 11.0. The van der Waals surface area contributed by atoms with Crippen molar-refractivity contribution >= 4 is 60.8 Å². The summed E-state index contributed by atoms with van der Waals surface area (Å²) in [5, 5.41) is 9.17. The largest absolute Gasteiger partial charge is 0.308 e. The molecule has 47 heavy (non-hydrogen) atoms. The molecule has 222 valence electrons. The van der Waals surface area contributed by atoms with Gasteiger partial charge < -0.3 is 4.57 Å². The van der Waals surface area contributed by atoms with Crippen molar-refractivity contribution in [3.8, 4) is 16.9 Å². The van der Waals surface area contributed by atoms with Gasteiger partial charge in [0, 0.05) is 33.8 Å². The van der Waals surface area contributed by atoms with E-state index in [1.54, 1.807) is 0 Å². The monoisotopic (exact) mass is 602 g/mol. The van der Waals surface area contributed by atoms with E-state index in [0.717, 1.165) is 65.2 Å². The number of hydrogen-bond acceptors (Lipinski definition) is 3. The van der Waals surface area contributed by atoms with Crippen molar-refractivity contribution in [2.45, 2.75) is 25.7 Å². The standard InChI is InChI=1S/C43H30N4/c1-2-16-40-33(11-1)34-23-24-44-26-41(34)47(40)31-10-4-9-30(25-31)36-12-5-14-38(45-36)39-15-6-13-37(46-39)32-21-19-29-18-17-27-7-3-8-28-20-22-35(32)43(29)42(27)28/h1-2,4-5,7,9-14,16-26H,3,6,8,15H2. The zero-order valence-corrected chi connectivity index (χ0v) is 25.8. The predicted octanol–water partition coefficient (Wildman–Crippen LogP) is 9.62. The molecule has 3 aromatic heterocycles. The summed E-state index contributed by atoms with van der Waals surface area (Å²) in [4.78, 5) is 14.9. The van der Waals surface area contributed by atoms with Gasteiger partial charge in [0.05, 0.1) is 40.0 Å². The van der Waals surface area contributed by atoms with Crippen LogP contribution in [0.4, 0.5) is 0 Å². The Morgan fingerprint density at radius 2 is 1.49 bits per heavy atom. The number of aromatic nitrogens is 3. The average molecular weight is 603 g/mol. The van der Waals surface area contributed by atoms with E-state index in [-0.39, 0.29) is 0 Å². The van der Waals surface area contributed by atoms with Crippen molar-refractivity contribution in [2.24, 2.45) is 4.99 Å². The fourth-order valence-electron chi connectivity index (χ4n) is 7.84. The zero-order chi connectivity index (χ0) is 30.9.